The molecule has 0 aliphatic heterocycles. The highest BCUT2D eigenvalue weighted by Crippen LogP contribution is 2.27. The maximum Gasteiger partial charge on any atom is 0.251 e. The maximum atomic E-state index is 12.1. The number of ether oxygens (including phenoxy) is 2. The second-order valence-electron chi connectivity index (χ2n) is 7.04. The Hall–Kier alpha value is -3.22. The van der Waals surface area contributed by atoms with Gasteiger partial charge in [0.05, 0.1) is 20.8 Å². The number of aliphatic imine (C=N–C) groups is 1. The average molecular weight is 427 g/mol. The molecular weight excluding hydrogens is 392 g/mol. The Morgan fingerprint density at radius 1 is 0.903 bits per heavy atom. The molecule has 2 aromatic carbocycles. The van der Waals surface area contributed by atoms with Gasteiger partial charge in [-0.15, -0.1) is 0 Å². The first kappa shape index (κ1) is 24.1. The van der Waals surface area contributed by atoms with Gasteiger partial charge in [0.15, 0.2) is 17.5 Å². The number of nitrogens with zero attached hydrogens (tertiary/aromatic N) is 1. The molecule has 7 nitrogen and oxygen atoms in total. The van der Waals surface area contributed by atoms with Crippen molar-refractivity contribution in [1.82, 2.24) is 16.0 Å². The smallest absolute Gasteiger partial charge is 0.251 e. The van der Waals surface area contributed by atoms with E-state index >= 15 is 0 Å². The second-order valence-corrected chi connectivity index (χ2v) is 7.04. The molecule has 0 spiro atoms. The van der Waals surface area contributed by atoms with E-state index in [0.717, 1.165) is 36.5 Å². The van der Waals surface area contributed by atoms with Crippen molar-refractivity contribution in [3.63, 3.8) is 0 Å². The lowest BCUT2D eigenvalue weighted by atomic mass is 10.1. The van der Waals surface area contributed by atoms with E-state index in [9.17, 15) is 4.79 Å². The summed E-state index contributed by atoms with van der Waals surface area (Å²) in [5, 5.41) is 9.52. The molecule has 0 aliphatic rings. The normalized spacial score (nSPS) is 11.0. The molecule has 2 rings (SSSR count). The Labute approximate surface area is 185 Å². The van der Waals surface area contributed by atoms with Crippen LogP contribution in [0.2, 0.25) is 0 Å². The lowest BCUT2D eigenvalue weighted by molar-refractivity contribution is 0.0953. The van der Waals surface area contributed by atoms with Gasteiger partial charge in [-0.25, -0.2) is 4.99 Å². The van der Waals surface area contributed by atoms with Crippen LogP contribution in [0, 0.1) is 0 Å². The molecule has 0 atom stereocenters. The second kappa shape index (κ2) is 13.2. The molecule has 0 bridgehead atoms. The molecule has 0 aromatic heterocycles. The number of unbranched alkanes of at least 4 members (excludes halogenated alkanes) is 1. The van der Waals surface area contributed by atoms with E-state index in [2.05, 4.69) is 27.9 Å². The van der Waals surface area contributed by atoms with E-state index in [1.807, 2.05) is 49.4 Å². The fourth-order valence-corrected chi connectivity index (χ4v) is 2.93. The SMILES string of the molecule is CCCCNC(=O)c1ccc(CNC(=NCc2ccc(OC)c(OC)c2)NCC)cc1. The van der Waals surface area contributed by atoms with Gasteiger partial charge in [0.1, 0.15) is 0 Å². The van der Waals surface area contributed by atoms with Crippen molar-refractivity contribution in [2.24, 2.45) is 4.99 Å². The first-order chi connectivity index (χ1) is 15.1. The van der Waals surface area contributed by atoms with Crippen LogP contribution >= 0.6 is 0 Å². The van der Waals surface area contributed by atoms with E-state index < -0.39 is 0 Å². The molecule has 7 heteroatoms. The zero-order chi connectivity index (χ0) is 22.5. The summed E-state index contributed by atoms with van der Waals surface area (Å²) in [6.07, 6.45) is 2.05. The number of nitrogens with one attached hydrogen (secondary N) is 3. The van der Waals surface area contributed by atoms with Gasteiger partial charge in [-0.1, -0.05) is 31.5 Å². The summed E-state index contributed by atoms with van der Waals surface area (Å²) in [6.45, 7) is 6.71. The van der Waals surface area contributed by atoms with Crippen LogP contribution in [-0.2, 0) is 13.1 Å². The number of guanidine groups is 1. The van der Waals surface area contributed by atoms with Gasteiger partial charge in [-0.2, -0.15) is 0 Å². The van der Waals surface area contributed by atoms with E-state index in [1.54, 1.807) is 14.2 Å². The zero-order valence-corrected chi connectivity index (χ0v) is 19.0. The number of carbonyl (C=O) groups is 1. The average Bonchev–Trinajstić information content (AvgIpc) is 2.81. The summed E-state index contributed by atoms with van der Waals surface area (Å²) in [5.41, 5.74) is 2.77. The van der Waals surface area contributed by atoms with Crippen molar-refractivity contribution in [2.45, 2.75) is 39.8 Å². The maximum absolute atomic E-state index is 12.1. The minimum Gasteiger partial charge on any atom is -0.493 e. The van der Waals surface area contributed by atoms with Gasteiger partial charge in [0.25, 0.3) is 5.91 Å². The number of rotatable bonds is 11. The van der Waals surface area contributed by atoms with Gasteiger partial charge >= 0.3 is 0 Å². The van der Waals surface area contributed by atoms with Crippen LogP contribution in [0.25, 0.3) is 0 Å². The monoisotopic (exact) mass is 426 g/mol. The highest BCUT2D eigenvalue weighted by molar-refractivity contribution is 5.94. The minimum atomic E-state index is -0.0298. The van der Waals surface area contributed by atoms with Crippen LogP contribution in [0.4, 0.5) is 0 Å². The van der Waals surface area contributed by atoms with Crippen LogP contribution in [0.5, 0.6) is 11.5 Å². The van der Waals surface area contributed by atoms with Crippen LogP contribution < -0.4 is 25.4 Å². The summed E-state index contributed by atoms with van der Waals surface area (Å²) in [5.74, 6) is 2.08. The fourth-order valence-electron chi connectivity index (χ4n) is 2.93. The molecule has 0 radical (unpaired) electrons. The molecule has 3 N–H and O–H groups in total. The highest BCUT2D eigenvalue weighted by atomic mass is 16.5. The highest BCUT2D eigenvalue weighted by Gasteiger charge is 2.06. The number of methoxy groups -OCH3 is 2. The van der Waals surface area contributed by atoms with Gasteiger partial charge in [-0.05, 0) is 48.7 Å². The summed E-state index contributed by atoms with van der Waals surface area (Å²) >= 11 is 0. The molecule has 168 valence electrons. The lowest BCUT2D eigenvalue weighted by Gasteiger charge is -2.12. The molecule has 0 unspecified atom stereocenters. The number of amides is 1. The number of benzene rings is 2. The van der Waals surface area contributed by atoms with E-state index in [1.165, 1.54) is 0 Å². The molecule has 0 saturated carbocycles. The Bertz CT molecular complexity index is 850. The van der Waals surface area contributed by atoms with E-state index in [-0.39, 0.29) is 5.91 Å². The van der Waals surface area contributed by atoms with Crippen LogP contribution in [0.3, 0.4) is 0 Å². The first-order valence-electron chi connectivity index (χ1n) is 10.7. The minimum absolute atomic E-state index is 0.0298. The predicted octanol–water partition coefficient (Wildman–Crippen LogP) is 3.49. The number of carbonyl (C=O) groups excluding carboxylic acids is 1. The third kappa shape index (κ3) is 7.85. The third-order valence-electron chi connectivity index (χ3n) is 4.70. The Morgan fingerprint density at radius 2 is 1.61 bits per heavy atom. The Balaban J connectivity index is 1.95. The van der Waals surface area contributed by atoms with Crippen LogP contribution in [-0.4, -0.2) is 39.2 Å². The number of hydrogen-bond donors (Lipinski definition) is 3. The summed E-state index contributed by atoms with van der Waals surface area (Å²) in [4.78, 5) is 16.8. The predicted molar refractivity (Wildman–Crippen MR) is 125 cm³/mol. The van der Waals surface area contributed by atoms with Crippen molar-refractivity contribution in [3.05, 3.63) is 59.2 Å². The quantitative estimate of drug-likeness (QED) is 0.291. The molecule has 0 aliphatic carbocycles. The van der Waals surface area contributed by atoms with Crippen molar-refractivity contribution in [2.75, 3.05) is 27.3 Å². The molecule has 31 heavy (non-hydrogen) atoms. The van der Waals surface area contributed by atoms with Crippen LogP contribution in [0.1, 0.15) is 48.2 Å². The summed E-state index contributed by atoms with van der Waals surface area (Å²) < 4.78 is 10.6. The van der Waals surface area contributed by atoms with Gasteiger partial charge in [0.2, 0.25) is 0 Å². The van der Waals surface area contributed by atoms with Crippen LogP contribution in [0.15, 0.2) is 47.5 Å². The third-order valence-corrected chi connectivity index (χ3v) is 4.70. The molecule has 1 amide bonds. The molecule has 0 fully saturated rings. The van der Waals surface area contributed by atoms with Crippen molar-refractivity contribution < 1.29 is 14.3 Å². The van der Waals surface area contributed by atoms with Gasteiger partial charge < -0.3 is 25.4 Å². The summed E-state index contributed by atoms with van der Waals surface area (Å²) in [7, 11) is 3.24. The standard InChI is InChI=1S/C24H34N4O3/c1-5-7-14-26-23(29)20-11-8-18(9-12-20)16-27-24(25-6-2)28-17-19-10-13-21(30-3)22(15-19)31-4/h8-13,15H,5-7,14,16-17H2,1-4H3,(H,26,29)(H2,25,27,28). The fraction of sp³-hybridized carbons (Fsp3) is 0.417. The van der Waals surface area contributed by atoms with E-state index in [0.29, 0.717) is 36.7 Å². The molecular formula is C24H34N4O3. The summed E-state index contributed by atoms with van der Waals surface area (Å²) in [6, 6.07) is 13.4. The Morgan fingerprint density at radius 3 is 2.26 bits per heavy atom. The molecule has 0 heterocycles. The van der Waals surface area contributed by atoms with Gasteiger partial charge in [-0.3, -0.25) is 4.79 Å². The first-order valence-corrected chi connectivity index (χ1v) is 10.7. The number of hydrogen-bond acceptors (Lipinski definition) is 4. The van der Waals surface area contributed by atoms with Crippen molar-refractivity contribution in [3.8, 4) is 11.5 Å². The zero-order valence-electron chi connectivity index (χ0n) is 19.0. The van der Waals surface area contributed by atoms with Crippen molar-refractivity contribution >= 4 is 11.9 Å². The Kier molecular flexibility index (Phi) is 10.2. The molecule has 0 saturated heterocycles. The largest absolute Gasteiger partial charge is 0.493 e. The molecule has 2 aromatic rings. The van der Waals surface area contributed by atoms with E-state index in [4.69, 9.17) is 9.47 Å². The van der Waals surface area contributed by atoms with Gasteiger partial charge in [0, 0.05) is 25.2 Å². The van der Waals surface area contributed by atoms with Crippen molar-refractivity contribution in [1.29, 1.82) is 0 Å². The topological polar surface area (TPSA) is 84.0 Å². The lowest BCUT2D eigenvalue weighted by Crippen LogP contribution is -2.36.